The second-order valence-electron chi connectivity index (χ2n) is 9.35. The van der Waals surface area contributed by atoms with Crippen LogP contribution in [0.25, 0.3) is 20.7 Å². The molecule has 0 fully saturated rings. The van der Waals surface area contributed by atoms with Crippen molar-refractivity contribution in [1.29, 1.82) is 0 Å². The van der Waals surface area contributed by atoms with Crippen LogP contribution in [0.3, 0.4) is 0 Å². The third-order valence-corrected chi connectivity index (χ3v) is 8.25. The van der Waals surface area contributed by atoms with Gasteiger partial charge in [0.05, 0.1) is 33.3 Å². The van der Waals surface area contributed by atoms with Crippen LogP contribution in [0.4, 0.5) is 0 Å². The van der Waals surface area contributed by atoms with Crippen molar-refractivity contribution in [3.05, 3.63) is 111 Å². The molecule has 0 aliphatic heterocycles. The number of pyridine rings is 1. The highest BCUT2D eigenvalue weighted by molar-refractivity contribution is 7.22. The molecule has 210 valence electrons. The van der Waals surface area contributed by atoms with Gasteiger partial charge in [-0.3, -0.25) is 4.79 Å². The van der Waals surface area contributed by atoms with E-state index in [2.05, 4.69) is 5.32 Å². The second kappa shape index (κ2) is 12.3. The summed E-state index contributed by atoms with van der Waals surface area (Å²) in [5, 5.41) is 13.8. The van der Waals surface area contributed by atoms with Gasteiger partial charge in [0.1, 0.15) is 27.6 Å². The van der Waals surface area contributed by atoms with Crippen LogP contribution in [0.2, 0.25) is 0 Å². The first-order valence-electron chi connectivity index (χ1n) is 13.0. The van der Waals surface area contributed by atoms with E-state index < -0.39 is 11.4 Å². The molecule has 5 rings (SSSR count). The summed E-state index contributed by atoms with van der Waals surface area (Å²) >= 11 is 1.46. The number of aromatic carboxylic acids is 1. The predicted molar refractivity (Wildman–Crippen MR) is 161 cm³/mol. The molecule has 2 heterocycles. The molecular formula is C32H30N2O6S. The zero-order valence-corrected chi connectivity index (χ0v) is 23.8. The van der Waals surface area contributed by atoms with Gasteiger partial charge in [-0.2, -0.15) is 0 Å². The molecule has 2 N–H and O–H groups in total. The molecule has 0 atom stereocenters. The second-order valence-corrected chi connectivity index (χ2v) is 10.3. The van der Waals surface area contributed by atoms with Crippen molar-refractivity contribution in [2.75, 3.05) is 21.3 Å². The summed E-state index contributed by atoms with van der Waals surface area (Å²) in [6.45, 7) is 1.17. The molecule has 3 aromatic carbocycles. The smallest absolute Gasteiger partial charge is 0.341 e. The highest BCUT2D eigenvalue weighted by Gasteiger charge is 2.23. The number of nitrogens with one attached hydrogen (secondary N) is 1. The van der Waals surface area contributed by atoms with Gasteiger partial charge in [0.2, 0.25) is 5.43 Å². The Labute approximate surface area is 241 Å². The van der Waals surface area contributed by atoms with E-state index in [9.17, 15) is 14.7 Å². The molecule has 0 aliphatic carbocycles. The Kier molecular flexibility index (Phi) is 8.37. The van der Waals surface area contributed by atoms with Gasteiger partial charge in [0.15, 0.2) is 0 Å². The Morgan fingerprint density at radius 3 is 2.12 bits per heavy atom. The van der Waals surface area contributed by atoms with Crippen LogP contribution in [0.15, 0.2) is 83.8 Å². The number of ether oxygens (including phenoxy) is 3. The number of methoxy groups -OCH3 is 3. The van der Waals surface area contributed by atoms with Gasteiger partial charge in [-0.15, -0.1) is 11.3 Å². The maximum Gasteiger partial charge on any atom is 0.341 e. The van der Waals surface area contributed by atoms with E-state index in [-0.39, 0.29) is 5.56 Å². The van der Waals surface area contributed by atoms with E-state index in [1.165, 1.54) is 17.5 Å². The summed E-state index contributed by atoms with van der Waals surface area (Å²) in [6.07, 6.45) is 1.43. The quantitative estimate of drug-likeness (QED) is 0.207. The average molecular weight is 571 g/mol. The summed E-state index contributed by atoms with van der Waals surface area (Å²) in [5.74, 6) is 0.894. The van der Waals surface area contributed by atoms with Crippen LogP contribution in [0.1, 0.15) is 27.0 Å². The Hall–Kier alpha value is -4.60. The fourth-order valence-corrected chi connectivity index (χ4v) is 6.20. The minimum absolute atomic E-state index is 0.280. The van der Waals surface area contributed by atoms with Crippen molar-refractivity contribution in [3.8, 4) is 27.7 Å². The van der Waals surface area contributed by atoms with E-state index in [0.29, 0.717) is 35.6 Å². The van der Waals surface area contributed by atoms with Crippen molar-refractivity contribution in [1.82, 2.24) is 9.88 Å². The summed E-state index contributed by atoms with van der Waals surface area (Å²) in [6, 6.07) is 22.9. The fraction of sp³-hybridized carbons (Fsp3) is 0.188. The summed E-state index contributed by atoms with van der Waals surface area (Å²) in [4.78, 5) is 27.5. The number of aromatic nitrogens is 1. The van der Waals surface area contributed by atoms with Crippen LogP contribution in [-0.4, -0.2) is 37.0 Å². The van der Waals surface area contributed by atoms with Crippen molar-refractivity contribution in [2.24, 2.45) is 0 Å². The molecule has 0 aliphatic rings. The van der Waals surface area contributed by atoms with Gasteiger partial charge in [-0.25, -0.2) is 4.79 Å². The molecule has 0 saturated heterocycles. The number of fused-ring (bicyclic) bond motifs is 1. The normalized spacial score (nSPS) is 11.0. The van der Waals surface area contributed by atoms with Crippen LogP contribution in [-0.2, 0) is 19.6 Å². The summed E-state index contributed by atoms with van der Waals surface area (Å²) in [7, 11) is 4.84. The SMILES string of the molecule is COc1ccc(-c2sc3c(c2CNCc2ccccc2OC)c(=O)c(C(=O)O)cn3Cc2ccccc2OC)cc1. The molecule has 0 saturated carbocycles. The number of thiophene rings is 1. The van der Waals surface area contributed by atoms with Gasteiger partial charge >= 0.3 is 5.97 Å². The Morgan fingerprint density at radius 1 is 0.854 bits per heavy atom. The molecule has 0 amide bonds. The average Bonchev–Trinajstić information content (AvgIpc) is 3.39. The van der Waals surface area contributed by atoms with E-state index in [1.54, 1.807) is 21.3 Å². The molecule has 0 radical (unpaired) electrons. The molecular weight excluding hydrogens is 540 g/mol. The van der Waals surface area contributed by atoms with Crippen molar-refractivity contribution < 1.29 is 24.1 Å². The number of nitrogens with zero attached hydrogens (tertiary/aromatic N) is 1. The standard InChI is InChI=1S/C32H30N2O6S/c1-38-23-14-12-20(13-15-23)30-24(17-33-16-21-8-4-6-10-26(21)39-2)28-29(35)25(32(36)37)19-34(31(28)41-30)18-22-9-5-7-11-27(22)40-3/h4-15,19,33H,16-18H2,1-3H3,(H,36,37). The Balaban J connectivity index is 1.67. The molecule has 9 heteroatoms. The first kappa shape index (κ1) is 27.9. The Bertz CT molecular complexity index is 1760. The first-order chi connectivity index (χ1) is 19.9. The zero-order chi connectivity index (χ0) is 28.9. The predicted octanol–water partition coefficient (Wildman–Crippen LogP) is 5.79. The molecule has 0 bridgehead atoms. The van der Waals surface area contributed by atoms with Crippen molar-refractivity contribution in [2.45, 2.75) is 19.6 Å². The van der Waals surface area contributed by atoms with Gasteiger partial charge in [0, 0.05) is 35.3 Å². The third kappa shape index (κ3) is 5.68. The number of benzene rings is 3. The minimum atomic E-state index is -1.27. The number of carbonyl (C=O) groups is 1. The number of para-hydroxylation sites is 2. The molecule has 41 heavy (non-hydrogen) atoms. The highest BCUT2D eigenvalue weighted by atomic mass is 32.1. The fourth-order valence-electron chi connectivity index (χ4n) is 4.90. The Morgan fingerprint density at radius 2 is 1.49 bits per heavy atom. The number of carboxylic acid groups (broad SMARTS) is 1. The molecule has 8 nitrogen and oxygen atoms in total. The molecule has 5 aromatic rings. The molecule has 2 aromatic heterocycles. The number of hydrogen-bond acceptors (Lipinski definition) is 7. The first-order valence-corrected chi connectivity index (χ1v) is 13.8. The third-order valence-electron chi connectivity index (χ3n) is 6.93. The van der Waals surface area contributed by atoms with Crippen molar-refractivity contribution in [3.63, 3.8) is 0 Å². The lowest BCUT2D eigenvalue weighted by atomic mass is 10.0. The van der Waals surface area contributed by atoms with Crippen molar-refractivity contribution >= 4 is 27.5 Å². The highest BCUT2D eigenvalue weighted by Crippen LogP contribution is 2.39. The van der Waals surface area contributed by atoms with Crippen LogP contribution < -0.4 is 25.0 Å². The number of hydrogen-bond donors (Lipinski definition) is 2. The summed E-state index contributed by atoms with van der Waals surface area (Å²) < 4.78 is 18.2. The van der Waals surface area contributed by atoms with Gasteiger partial charge in [0.25, 0.3) is 0 Å². The van der Waals surface area contributed by atoms with E-state index in [4.69, 9.17) is 14.2 Å². The van der Waals surface area contributed by atoms with Gasteiger partial charge in [-0.05, 0) is 47.5 Å². The van der Waals surface area contributed by atoms with Crippen LogP contribution in [0, 0.1) is 0 Å². The number of carboxylic acids is 1. The van der Waals surface area contributed by atoms with Crippen LogP contribution in [0.5, 0.6) is 17.2 Å². The molecule has 0 unspecified atom stereocenters. The minimum Gasteiger partial charge on any atom is -0.497 e. The van der Waals surface area contributed by atoms with Gasteiger partial charge < -0.3 is 29.2 Å². The lowest BCUT2D eigenvalue weighted by Crippen LogP contribution is -2.21. The van der Waals surface area contributed by atoms with Gasteiger partial charge in [-0.1, -0.05) is 36.4 Å². The largest absolute Gasteiger partial charge is 0.497 e. The zero-order valence-electron chi connectivity index (χ0n) is 23.0. The lowest BCUT2D eigenvalue weighted by molar-refractivity contribution is 0.0695. The monoisotopic (exact) mass is 570 g/mol. The van der Waals surface area contributed by atoms with Crippen LogP contribution >= 0.6 is 11.3 Å². The maximum atomic E-state index is 13.7. The van der Waals surface area contributed by atoms with E-state index in [1.807, 2.05) is 77.4 Å². The lowest BCUT2D eigenvalue weighted by Gasteiger charge is -2.13. The van der Waals surface area contributed by atoms with E-state index >= 15 is 0 Å². The topological polar surface area (TPSA) is 99.0 Å². The molecule has 0 spiro atoms. The number of rotatable bonds is 11. The summed E-state index contributed by atoms with van der Waals surface area (Å²) in [5.41, 5.74) is 2.70. The maximum absolute atomic E-state index is 13.7. The van der Waals surface area contributed by atoms with E-state index in [0.717, 1.165) is 38.6 Å².